The summed E-state index contributed by atoms with van der Waals surface area (Å²) in [7, 11) is 1.88. The van der Waals surface area contributed by atoms with Crippen LogP contribution in [0.5, 0.6) is 0 Å². The smallest absolute Gasteiger partial charge is 0.226 e. The van der Waals surface area contributed by atoms with Gasteiger partial charge in [0.2, 0.25) is 5.91 Å². The van der Waals surface area contributed by atoms with E-state index < -0.39 is 5.72 Å². The largest absolute Gasteiger partial charge is 0.295 e. The van der Waals surface area contributed by atoms with Gasteiger partial charge in [0.1, 0.15) is 6.17 Å². The van der Waals surface area contributed by atoms with E-state index in [1.165, 1.54) is 0 Å². The van der Waals surface area contributed by atoms with Crippen LogP contribution in [0.3, 0.4) is 0 Å². The van der Waals surface area contributed by atoms with Gasteiger partial charge in [0.15, 0.2) is 5.72 Å². The highest BCUT2D eigenvalue weighted by molar-refractivity contribution is 5.79. The first-order valence-corrected chi connectivity index (χ1v) is 4.26. The van der Waals surface area contributed by atoms with E-state index in [0.717, 1.165) is 6.42 Å². The lowest BCUT2D eigenvalue weighted by molar-refractivity contribution is -0.191. The molecule has 0 aromatic carbocycles. The van der Waals surface area contributed by atoms with Crippen LogP contribution in [-0.2, 0) is 9.63 Å². The monoisotopic (exact) mass is 170 g/mol. The van der Waals surface area contributed by atoms with Crippen molar-refractivity contribution in [2.75, 3.05) is 7.05 Å². The molecule has 0 saturated carbocycles. The zero-order valence-corrected chi connectivity index (χ0v) is 7.70. The molecule has 2 rings (SSSR count). The fourth-order valence-electron chi connectivity index (χ4n) is 2.13. The maximum Gasteiger partial charge on any atom is 0.226 e. The minimum Gasteiger partial charge on any atom is -0.295 e. The molecule has 1 atom stereocenters. The molecule has 0 unspecified atom stereocenters. The van der Waals surface area contributed by atoms with Crippen LogP contribution in [0.25, 0.3) is 0 Å². The highest BCUT2D eigenvalue weighted by Crippen LogP contribution is 2.36. The topological polar surface area (TPSA) is 32.8 Å². The van der Waals surface area contributed by atoms with E-state index in [9.17, 15) is 4.79 Å². The molecule has 2 heterocycles. The minimum absolute atomic E-state index is 0.160. The van der Waals surface area contributed by atoms with Gasteiger partial charge in [-0.1, -0.05) is 0 Å². The third kappa shape index (κ3) is 0.881. The molecule has 0 N–H and O–H groups in total. The highest BCUT2D eigenvalue weighted by atomic mass is 16.7. The molecule has 0 spiro atoms. The van der Waals surface area contributed by atoms with Gasteiger partial charge in [0, 0.05) is 13.5 Å². The van der Waals surface area contributed by atoms with Crippen LogP contribution >= 0.6 is 0 Å². The molecule has 68 valence electrons. The maximum absolute atomic E-state index is 11.4. The molecule has 2 saturated heterocycles. The van der Waals surface area contributed by atoms with Gasteiger partial charge >= 0.3 is 0 Å². The molecule has 12 heavy (non-hydrogen) atoms. The van der Waals surface area contributed by atoms with E-state index in [-0.39, 0.29) is 12.1 Å². The van der Waals surface area contributed by atoms with Crippen molar-refractivity contribution < 1.29 is 9.63 Å². The van der Waals surface area contributed by atoms with Gasteiger partial charge in [0.25, 0.3) is 0 Å². The maximum atomic E-state index is 11.4. The van der Waals surface area contributed by atoms with Crippen molar-refractivity contribution >= 4 is 5.91 Å². The molecule has 0 aromatic rings. The van der Waals surface area contributed by atoms with Crippen molar-refractivity contribution in [2.45, 2.75) is 38.6 Å². The first-order valence-electron chi connectivity index (χ1n) is 4.26. The molecule has 2 fully saturated rings. The van der Waals surface area contributed by atoms with E-state index in [1.54, 1.807) is 5.06 Å². The second kappa shape index (κ2) is 2.20. The van der Waals surface area contributed by atoms with E-state index in [1.807, 2.05) is 25.8 Å². The Hall–Kier alpha value is -0.610. The first-order chi connectivity index (χ1) is 5.52. The molecule has 0 bridgehead atoms. The summed E-state index contributed by atoms with van der Waals surface area (Å²) < 4.78 is 0. The molecule has 0 aliphatic carbocycles. The third-order valence-electron chi connectivity index (χ3n) is 2.55. The standard InChI is InChI=1S/C8H14N2O2/c1-8(2)10-6(9(3)12-8)4-5-7(10)11/h6H,4-5H2,1-3H3/t6-/m1/s1. The fourth-order valence-corrected chi connectivity index (χ4v) is 2.13. The van der Waals surface area contributed by atoms with Gasteiger partial charge < -0.3 is 0 Å². The second-order valence-corrected chi connectivity index (χ2v) is 3.87. The molecule has 4 heteroatoms. The Kier molecular flexibility index (Phi) is 1.47. The van der Waals surface area contributed by atoms with Gasteiger partial charge in [-0.15, -0.1) is 0 Å². The number of nitrogens with zero attached hydrogens (tertiary/aromatic N) is 2. The van der Waals surface area contributed by atoms with Crippen molar-refractivity contribution in [3.8, 4) is 0 Å². The molecule has 0 aromatic heterocycles. The summed E-state index contributed by atoms with van der Waals surface area (Å²) in [6.07, 6.45) is 1.70. The number of hydrogen-bond acceptors (Lipinski definition) is 3. The number of amides is 1. The lowest BCUT2D eigenvalue weighted by atomic mass is 10.3. The Bertz CT molecular complexity index is 227. The van der Waals surface area contributed by atoms with Gasteiger partial charge in [-0.25, -0.2) is 0 Å². The lowest BCUT2D eigenvalue weighted by Crippen LogP contribution is -2.43. The van der Waals surface area contributed by atoms with Crippen molar-refractivity contribution in [2.24, 2.45) is 0 Å². The molecule has 2 aliphatic heterocycles. The summed E-state index contributed by atoms with van der Waals surface area (Å²) in [5, 5.41) is 1.78. The van der Waals surface area contributed by atoms with Crippen LogP contribution in [0.4, 0.5) is 0 Å². The summed E-state index contributed by atoms with van der Waals surface area (Å²) >= 11 is 0. The quantitative estimate of drug-likeness (QED) is 0.532. The molecular weight excluding hydrogens is 156 g/mol. The predicted octanol–water partition coefficient (Wildman–Crippen LogP) is 0.548. The summed E-state index contributed by atoms with van der Waals surface area (Å²) in [4.78, 5) is 18.8. The van der Waals surface area contributed by atoms with Crippen molar-refractivity contribution in [1.82, 2.24) is 9.96 Å². The van der Waals surface area contributed by atoms with E-state index in [2.05, 4.69) is 0 Å². The average molecular weight is 170 g/mol. The lowest BCUT2D eigenvalue weighted by Gasteiger charge is -2.26. The fraction of sp³-hybridized carbons (Fsp3) is 0.875. The minimum atomic E-state index is -0.451. The number of hydroxylamine groups is 2. The van der Waals surface area contributed by atoms with Crippen molar-refractivity contribution in [1.29, 1.82) is 0 Å². The van der Waals surface area contributed by atoms with E-state index >= 15 is 0 Å². The highest BCUT2D eigenvalue weighted by Gasteiger charge is 2.50. The third-order valence-corrected chi connectivity index (χ3v) is 2.55. The van der Waals surface area contributed by atoms with Gasteiger partial charge in [0.05, 0.1) is 0 Å². The summed E-state index contributed by atoms with van der Waals surface area (Å²) in [5.41, 5.74) is -0.451. The normalized spacial score (nSPS) is 34.4. The number of hydrogen-bond donors (Lipinski definition) is 0. The SMILES string of the molecule is CN1OC(C)(C)N2C(=O)CC[C@H]12. The zero-order chi connectivity index (χ0) is 8.93. The van der Waals surface area contributed by atoms with Gasteiger partial charge in [-0.3, -0.25) is 14.5 Å². The van der Waals surface area contributed by atoms with Gasteiger partial charge in [-0.2, -0.15) is 5.06 Å². The Morgan fingerprint density at radius 1 is 1.58 bits per heavy atom. The Balaban J connectivity index is 2.30. The molecule has 0 radical (unpaired) electrons. The van der Waals surface area contributed by atoms with Crippen LogP contribution in [0, 0.1) is 0 Å². The average Bonchev–Trinajstić information content (AvgIpc) is 2.38. The first kappa shape index (κ1) is 8.01. The van der Waals surface area contributed by atoms with Crippen LogP contribution in [-0.4, -0.2) is 34.8 Å². The van der Waals surface area contributed by atoms with Gasteiger partial charge in [-0.05, 0) is 20.3 Å². The number of carbonyl (C=O) groups is 1. The Morgan fingerprint density at radius 2 is 2.25 bits per heavy atom. The molecular formula is C8H14N2O2. The predicted molar refractivity (Wildman–Crippen MR) is 42.8 cm³/mol. The molecule has 2 aliphatic rings. The number of carbonyl (C=O) groups excluding carboxylic acids is 1. The number of rotatable bonds is 0. The molecule has 1 amide bonds. The Morgan fingerprint density at radius 3 is 2.83 bits per heavy atom. The van der Waals surface area contributed by atoms with Crippen LogP contribution in [0.1, 0.15) is 26.7 Å². The second-order valence-electron chi connectivity index (χ2n) is 3.87. The van der Waals surface area contributed by atoms with Crippen LogP contribution in [0.2, 0.25) is 0 Å². The van der Waals surface area contributed by atoms with Crippen LogP contribution in [0.15, 0.2) is 0 Å². The van der Waals surface area contributed by atoms with Crippen LogP contribution < -0.4 is 0 Å². The van der Waals surface area contributed by atoms with Crippen molar-refractivity contribution in [3.63, 3.8) is 0 Å². The van der Waals surface area contributed by atoms with E-state index in [0.29, 0.717) is 6.42 Å². The molecule has 4 nitrogen and oxygen atoms in total. The van der Waals surface area contributed by atoms with Crippen molar-refractivity contribution in [3.05, 3.63) is 0 Å². The number of fused-ring (bicyclic) bond motifs is 1. The van der Waals surface area contributed by atoms with E-state index in [4.69, 9.17) is 4.84 Å². The Labute approximate surface area is 72.0 Å². The zero-order valence-electron chi connectivity index (χ0n) is 7.70. The summed E-state index contributed by atoms with van der Waals surface area (Å²) in [6.45, 7) is 3.85. The summed E-state index contributed by atoms with van der Waals surface area (Å²) in [5.74, 6) is 0.203. The summed E-state index contributed by atoms with van der Waals surface area (Å²) in [6, 6.07) is 0.